The van der Waals surface area contributed by atoms with E-state index in [2.05, 4.69) is 5.32 Å². The molecule has 1 saturated carbocycles. The molecule has 3 nitrogen and oxygen atoms in total. The van der Waals surface area contributed by atoms with Crippen LogP contribution >= 0.6 is 0 Å². The first-order chi connectivity index (χ1) is 10.1. The van der Waals surface area contributed by atoms with Crippen LogP contribution in [0.15, 0.2) is 18.2 Å². The number of amides is 1. The molecule has 5 heteroatoms. The molecule has 1 aromatic carbocycles. The normalized spacial score (nSPS) is 15.6. The molecule has 0 unspecified atom stereocenters. The van der Waals surface area contributed by atoms with Crippen LogP contribution < -0.4 is 5.32 Å². The van der Waals surface area contributed by atoms with Crippen molar-refractivity contribution in [3.8, 4) is 0 Å². The summed E-state index contributed by atoms with van der Waals surface area (Å²) >= 11 is 0. The zero-order chi connectivity index (χ0) is 15.2. The lowest BCUT2D eigenvalue weighted by atomic mass is 10.1. The van der Waals surface area contributed by atoms with E-state index in [1.807, 2.05) is 11.8 Å². The zero-order valence-corrected chi connectivity index (χ0v) is 12.4. The van der Waals surface area contributed by atoms with Crippen LogP contribution in [0.5, 0.6) is 0 Å². The maximum absolute atomic E-state index is 13.8. The average molecular weight is 296 g/mol. The summed E-state index contributed by atoms with van der Waals surface area (Å²) in [5, 5.41) is 2.75. The van der Waals surface area contributed by atoms with Gasteiger partial charge in [0, 0.05) is 24.7 Å². The van der Waals surface area contributed by atoms with Crippen molar-refractivity contribution in [2.75, 3.05) is 13.1 Å². The van der Waals surface area contributed by atoms with Gasteiger partial charge < -0.3 is 5.32 Å². The average Bonchev–Trinajstić information content (AvgIpc) is 2.96. The molecule has 0 heterocycles. The van der Waals surface area contributed by atoms with Crippen molar-refractivity contribution in [3.05, 3.63) is 35.4 Å². The standard InChI is InChI=1S/C16H22F2N2O/c1-2-19-16(21)11-20(12-6-3-4-7-12)10-13-14(17)8-5-9-15(13)18/h5,8-9,12H,2-4,6-7,10-11H2,1H3,(H,19,21). The third kappa shape index (κ3) is 4.24. The monoisotopic (exact) mass is 296 g/mol. The summed E-state index contributed by atoms with van der Waals surface area (Å²) in [4.78, 5) is 13.7. The molecule has 1 fully saturated rings. The van der Waals surface area contributed by atoms with Gasteiger partial charge in [-0.1, -0.05) is 18.9 Å². The van der Waals surface area contributed by atoms with E-state index in [0.717, 1.165) is 25.7 Å². The number of rotatable bonds is 6. The van der Waals surface area contributed by atoms with Crippen molar-refractivity contribution in [3.63, 3.8) is 0 Å². The van der Waals surface area contributed by atoms with E-state index in [1.54, 1.807) is 0 Å². The summed E-state index contributed by atoms with van der Waals surface area (Å²) in [6.45, 7) is 2.74. The highest BCUT2D eigenvalue weighted by Gasteiger charge is 2.26. The van der Waals surface area contributed by atoms with E-state index in [0.29, 0.717) is 6.54 Å². The van der Waals surface area contributed by atoms with E-state index in [-0.39, 0.29) is 30.6 Å². The van der Waals surface area contributed by atoms with E-state index in [9.17, 15) is 13.6 Å². The summed E-state index contributed by atoms with van der Waals surface area (Å²) in [5.74, 6) is -1.19. The Hall–Kier alpha value is -1.49. The Balaban J connectivity index is 2.13. The maximum Gasteiger partial charge on any atom is 0.234 e. The Morgan fingerprint density at radius 1 is 1.29 bits per heavy atom. The highest BCUT2D eigenvalue weighted by Crippen LogP contribution is 2.26. The first-order valence-electron chi connectivity index (χ1n) is 7.55. The van der Waals surface area contributed by atoms with Crippen molar-refractivity contribution >= 4 is 5.91 Å². The molecule has 0 bridgehead atoms. The number of nitrogens with zero attached hydrogens (tertiary/aromatic N) is 1. The van der Waals surface area contributed by atoms with Gasteiger partial charge in [0.1, 0.15) is 11.6 Å². The van der Waals surface area contributed by atoms with Gasteiger partial charge in [-0.05, 0) is 31.9 Å². The number of carbonyl (C=O) groups excluding carboxylic acids is 1. The molecule has 21 heavy (non-hydrogen) atoms. The van der Waals surface area contributed by atoms with Gasteiger partial charge in [-0.15, -0.1) is 0 Å². The molecule has 116 valence electrons. The van der Waals surface area contributed by atoms with Gasteiger partial charge in [-0.3, -0.25) is 9.69 Å². The Morgan fingerprint density at radius 3 is 2.48 bits per heavy atom. The van der Waals surface area contributed by atoms with Crippen LogP contribution in [0.2, 0.25) is 0 Å². The lowest BCUT2D eigenvalue weighted by molar-refractivity contribution is -0.122. The van der Waals surface area contributed by atoms with Gasteiger partial charge in [0.2, 0.25) is 5.91 Å². The van der Waals surface area contributed by atoms with E-state index in [4.69, 9.17) is 0 Å². The molecular weight excluding hydrogens is 274 g/mol. The minimum atomic E-state index is -0.547. The van der Waals surface area contributed by atoms with Crippen molar-refractivity contribution in [2.24, 2.45) is 0 Å². The Morgan fingerprint density at radius 2 is 1.90 bits per heavy atom. The van der Waals surface area contributed by atoms with E-state index < -0.39 is 11.6 Å². The second-order valence-corrected chi connectivity index (χ2v) is 5.50. The van der Waals surface area contributed by atoms with Crippen LogP contribution in [0.1, 0.15) is 38.2 Å². The molecule has 1 N–H and O–H groups in total. The van der Waals surface area contributed by atoms with Crippen molar-refractivity contribution < 1.29 is 13.6 Å². The molecule has 0 spiro atoms. The summed E-state index contributed by atoms with van der Waals surface area (Å²) < 4.78 is 27.6. The second kappa shape index (κ2) is 7.50. The quantitative estimate of drug-likeness (QED) is 0.875. The second-order valence-electron chi connectivity index (χ2n) is 5.50. The van der Waals surface area contributed by atoms with Crippen LogP contribution in [0.3, 0.4) is 0 Å². The molecule has 0 saturated heterocycles. The highest BCUT2D eigenvalue weighted by atomic mass is 19.1. The minimum Gasteiger partial charge on any atom is -0.355 e. The number of nitrogens with one attached hydrogen (secondary N) is 1. The lowest BCUT2D eigenvalue weighted by Crippen LogP contribution is -2.41. The Bertz CT molecular complexity index is 467. The summed E-state index contributed by atoms with van der Waals surface area (Å²) in [6.07, 6.45) is 4.18. The van der Waals surface area contributed by atoms with E-state index in [1.165, 1.54) is 18.2 Å². The molecule has 2 rings (SSSR count). The molecule has 1 aromatic rings. The van der Waals surface area contributed by atoms with E-state index >= 15 is 0 Å². The fourth-order valence-electron chi connectivity index (χ4n) is 2.91. The third-order valence-electron chi connectivity index (χ3n) is 3.98. The number of halogens is 2. The Kier molecular flexibility index (Phi) is 5.67. The summed E-state index contributed by atoms with van der Waals surface area (Å²) in [5.41, 5.74) is 0.0497. The number of hydrogen-bond donors (Lipinski definition) is 1. The number of likely N-dealkylation sites (N-methyl/N-ethyl adjacent to an activating group) is 1. The predicted octanol–water partition coefficient (Wildman–Crippen LogP) is 2.85. The topological polar surface area (TPSA) is 32.3 Å². The fourth-order valence-corrected chi connectivity index (χ4v) is 2.91. The van der Waals surface area contributed by atoms with Crippen molar-refractivity contribution in [1.82, 2.24) is 10.2 Å². The summed E-state index contributed by atoms with van der Waals surface area (Å²) in [7, 11) is 0. The van der Waals surface area contributed by atoms with Crippen LogP contribution in [0, 0.1) is 11.6 Å². The molecule has 0 aliphatic heterocycles. The molecular formula is C16H22F2N2O. The smallest absolute Gasteiger partial charge is 0.234 e. The first-order valence-corrected chi connectivity index (χ1v) is 7.55. The highest BCUT2D eigenvalue weighted by molar-refractivity contribution is 5.78. The molecule has 0 radical (unpaired) electrons. The summed E-state index contributed by atoms with van der Waals surface area (Å²) in [6, 6.07) is 4.11. The van der Waals surface area contributed by atoms with Crippen LogP contribution in [0.25, 0.3) is 0 Å². The minimum absolute atomic E-state index is 0.0497. The number of hydrogen-bond acceptors (Lipinski definition) is 2. The molecule has 1 amide bonds. The van der Waals surface area contributed by atoms with Gasteiger partial charge in [0.05, 0.1) is 6.54 Å². The fraction of sp³-hybridized carbons (Fsp3) is 0.562. The van der Waals surface area contributed by atoms with Gasteiger partial charge in [0.15, 0.2) is 0 Å². The molecule has 0 atom stereocenters. The van der Waals surface area contributed by atoms with Gasteiger partial charge in [-0.25, -0.2) is 8.78 Å². The van der Waals surface area contributed by atoms with Crippen molar-refractivity contribution in [1.29, 1.82) is 0 Å². The van der Waals surface area contributed by atoms with Gasteiger partial charge in [-0.2, -0.15) is 0 Å². The van der Waals surface area contributed by atoms with Crippen molar-refractivity contribution in [2.45, 2.75) is 45.2 Å². The first kappa shape index (κ1) is 15.9. The van der Waals surface area contributed by atoms with Crippen LogP contribution in [-0.4, -0.2) is 29.9 Å². The lowest BCUT2D eigenvalue weighted by Gasteiger charge is -2.28. The largest absolute Gasteiger partial charge is 0.355 e. The Labute approximate surface area is 124 Å². The maximum atomic E-state index is 13.8. The molecule has 0 aromatic heterocycles. The van der Waals surface area contributed by atoms with Crippen LogP contribution in [0.4, 0.5) is 8.78 Å². The SMILES string of the molecule is CCNC(=O)CN(Cc1c(F)cccc1F)C1CCCC1. The number of benzene rings is 1. The predicted molar refractivity (Wildman–Crippen MR) is 77.7 cm³/mol. The van der Waals surface area contributed by atoms with Gasteiger partial charge >= 0.3 is 0 Å². The molecule has 1 aliphatic carbocycles. The third-order valence-corrected chi connectivity index (χ3v) is 3.98. The van der Waals surface area contributed by atoms with Gasteiger partial charge in [0.25, 0.3) is 0 Å². The molecule has 1 aliphatic rings. The van der Waals surface area contributed by atoms with Crippen LogP contribution in [-0.2, 0) is 11.3 Å². The zero-order valence-electron chi connectivity index (χ0n) is 12.4. The number of carbonyl (C=O) groups is 1.